The molecule has 0 aromatic rings. The fraction of sp³-hybridized carbons (Fsp3) is 0. The monoisotopic (exact) mass is 322 g/mol. The summed E-state index contributed by atoms with van der Waals surface area (Å²) in [6, 6.07) is 0. The molecule has 0 fully saturated rings. The SMILES string of the molecule is OB(O)O.OB(O)O.OB(O)O.OB(O)O.[Li+].[Li+].[O-]B([O-])O. The average molecular weight is 321 g/mol. The molecular formula is H13B5Li2O15. The van der Waals surface area contributed by atoms with Gasteiger partial charge >= 0.3 is 67.0 Å². The Kier molecular flexibility index (Phi) is 74.8. The minimum Gasteiger partial charge on any atom is -0.871 e. The van der Waals surface area contributed by atoms with E-state index in [-0.39, 0.29) is 37.7 Å². The molecule has 0 aliphatic rings. The third kappa shape index (κ3) is 9820. The van der Waals surface area contributed by atoms with E-state index in [1.165, 1.54) is 0 Å². The molecule has 0 aromatic heterocycles. The number of hydrogen-bond donors (Lipinski definition) is 13. The first-order valence-electron chi connectivity index (χ1n) is 3.83. The second kappa shape index (κ2) is 37.9. The van der Waals surface area contributed by atoms with Crippen LogP contribution in [0.25, 0.3) is 0 Å². The van der Waals surface area contributed by atoms with Gasteiger partial charge < -0.3 is 75.4 Å². The summed E-state index contributed by atoms with van der Waals surface area (Å²) in [6.45, 7) is 0. The van der Waals surface area contributed by atoms with Gasteiger partial charge in [-0.1, -0.05) is 0 Å². The summed E-state index contributed by atoms with van der Waals surface area (Å²) in [6.07, 6.45) is 0. The zero-order valence-corrected chi connectivity index (χ0v) is 11.5. The van der Waals surface area contributed by atoms with Crippen molar-refractivity contribution in [2.45, 2.75) is 0 Å². The normalized spacial score (nSPS) is 6.14. The van der Waals surface area contributed by atoms with Crippen LogP contribution < -0.4 is 47.8 Å². The predicted octanol–water partition coefficient (Wildman–Crippen LogP) is -17.5. The average Bonchev–Trinajstić information content (AvgIpc) is 1.94. The number of rotatable bonds is 0. The summed E-state index contributed by atoms with van der Waals surface area (Å²) in [4.78, 5) is 0. The van der Waals surface area contributed by atoms with Gasteiger partial charge in [0.1, 0.15) is 0 Å². The van der Waals surface area contributed by atoms with Crippen molar-refractivity contribution in [3.8, 4) is 0 Å². The zero-order chi connectivity index (χ0) is 17.9. The standard InChI is InChI=1S/4BH3O3.BHO3.2Li/c5*2-1(3)4;;/h4*2-4H;2H;;/q;;;;-2;2*+1. The van der Waals surface area contributed by atoms with E-state index in [0.717, 1.165) is 0 Å². The van der Waals surface area contributed by atoms with E-state index in [1.54, 1.807) is 0 Å². The Morgan fingerprint density at radius 3 is 0.364 bits per heavy atom. The van der Waals surface area contributed by atoms with Gasteiger partial charge in [0, 0.05) is 0 Å². The maximum absolute atomic E-state index is 8.53. The van der Waals surface area contributed by atoms with Crippen molar-refractivity contribution in [3.63, 3.8) is 0 Å². The van der Waals surface area contributed by atoms with Gasteiger partial charge in [-0.2, -0.15) is 0 Å². The molecule has 120 valence electrons. The maximum atomic E-state index is 8.53. The van der Waals surface area contributed by atoms with Crippen LogP contribution in [0.15, 0.2) is 0 Å². The Morgan fingerprint density at radius 1 is 0.364 bits per heavy atom. The predicted molar refractivity (Wildman–Crippen MR) is 57.6 cm³/mol. The Balaban J connectivity index is -0.0000000250. The van der Waals surface area contributed by atoms with Crippen LogP contribution >= 0.6 is 0 Å². The van der Waals surface area contributed by atoms with Gasteiger partial charge in [0.25, 0.3) is 0 Å². The molecule has 0 heterocycles. The molecule has 0 aromatic carbocycles. The molecule has 0 rings (SSSR count). The van der Waals surface area contributed by atoms with E-state index in [0.29, 0.717) is 0 Å². The first kappa shape index (κ1) is 43.5. The van der Waals surface area contributed by atoms with Crippen LogP contribution in [0.3, 0.4) is 0 Å². The molecule has 0 unspecified atom stereocenters. The van der Waals surface area contributed by atoms with Gasteiger partial charge in [-0.05, 0) is 0 Å². The van der Waals surface area contributed by atoms with Crippen LogP contribution in [0.1, 0.15) is 0 Å². The molecule has 0 saturated heterocycles. The molecule has 0 aliphatic heterocycles. The smallest absolute Gasteiger partial charge is 0.871 e. The third-order valence-electron chi connectivity index (χ3n) is 0. The zero-order valence-electron chi connectivity index (χ0n) is 11.5. The van der Waals surface area contributed by atoms with E-state index < -0.39 is 36.6 Å². The minimum absolute atomic E-state index is 0. The maximum Gasteiger partial charge on any atom is 1.00 e. The fourth-order valence-electron chi connectivity index (χ4n) is 0. The molecule has 15 nitrogen and oxygen atoms in total. The van der Waals surface area contributed by atoms with E-state index in [1.807, 2.05) is 0 Å². The molecule has 22 heteroatoms. The van der Waals surface area contributed by atoms with Crippen LogP contribution in [0, 0.1) is 0 Å². The first-order valence-corrected chi connectivity index (χ1v) is 3.83. The van der Waals surface area contributed by atoms with Crippen molar-refractivity contribution in [2.24, 2.45) is 0 Å². The van der Waals surface area contributed by atoms with Crippen molar-refractivity contribution in [1.29, 1.82) is 0 Å². The topological polar surface area (TPSA) is 309 Å². The Hall–Kier alpha value is 0.919. The van der Waals surface area contributed by atoms with E-state index in [9.17, 15) is 0 Å². The molecular weight excluding hydrogens is 308 g/mol. The third-order valence-corrected chi connectivity index (χ3v) is 0. The molecule has 0 spiro atoms. The van der Waals surface area contributed by atoms with Gasteiger partial charge in [-0.25, -0.2) is 0 Å². The molecule has 13 N–H and O–H groups in total. The second-order valence-corrected chi connectivity index (χ2v) is 1.69. The number of hydrogen-bond acceptors (Lipinski definition) is 15. The Labute approximate surface area is 150 Å². The molecule has 0 aliphatic carbocycles. The molecule has 0 atom stereocenters. The molecule has 22 heavy (non-hydrogen) atoms. The van der Waals surface area contributed by atoms with E-state index in [2.05, 4.69) is 0 Å². The summed E-state index contributed by atoms with van der Waals surface area (Å²) < 4.78 is 0. The molecule has 0 radical (unpaired) electrons. The van der Waals surface area contributed by atoms with Crippen molar-refractivity contribution in [2.75, 3.05) is 0 Å². The first-order chi connectivity index (χ1) is 8.66. The van der Waals surface area contributed by atoms with Gasteiger partial charge in [0.2, 0.25) is 0 Å². The summed E-state index contributed by atoms with van der Waals surface area (Å²) in [5, 5.41) is 110. The van der Waals surface area contributed by atoms with Crippen molar-refractivity contribution in [1.82, 2.24) is 0 Å². The summed E-state index contributed by atoms with van der Waals surface area (Å²) in [5.74, 6) is 0. The van der Waals surface area contributed by atoms with E-state index >= 15 is 0 Å². The van der Waals surface area contributed by atoms with Crippen LogP contribution in [-0.2, 0) is 0 Å². The van der Waals surface area contributed by atoms with Gasteiger partial charge in [-0.15, -0.1) is 0 Å². The second-order valence-electron chi connectivity index (χ2n) is 1.69. The van der Waals surface area contributed by atoms with E-state index in [4.69, 9.17) is 75.4 Å². The quantitative estimate of drug-likeness (QED) is 0.184. The summed E-state index contributed by atoms with van der Waals surface area (Å²) in [5.41, 5.74) is 0. The summed E-state index contributed by atoms with van der Waals surface area (Å²) in [7, 11) is -11.3. The van der Waals surface area contributed by atoms with Crippen molar-refractivity contribution < 1.29 is 113 Å². The molecule has 0 bridgehead atoms. The van der Waals surface area contributed by atoms with Crippen LogP contribution in [-0.4, -0.2) is 102 Å². The largest absolute Gasteiger partial charge is 1.00 e. The van der Waals surface area contributed by atoms with Crippen LogP contribution in [0.4, 0.5) is 0 Å². The Bertz CT molecular complexity index is 84.5. The van der Waals surface area contributed by atoms with Crippen LogP contribution in [0.5, 0.6) is 0 Å². The Morgan fingerprint density at radius 2 is 0.364 bits per heavy atom. The molecule has 0 saturated carbocycles. The molecule has 0 amide bonds. The van der Waals surface area contributed by atoms with Gasteiger partial charge in [0.15, 0.2) is 0 Å². The fourth-order valence-corrected chi connectivity index (χ4v) is 0. The van der Waals surface area contributed by atoms with Crippen molar-refractivity contribution in [3.05, 3.63) is 0 Å². The minimum atomic E-state index is -2.67. The van der Waals surface area contributed by atoms with Gasteiger partial charge in [0.05, 0.1) is 7.32 Å². The summed E-state index contributed by atoms with van der Waals surface area (Å²) >= 11 is 0. The van der Waals surface area contributed by atoms with Gasteiger partial charge in [-0.3, -0.25) is 0 Å². The van der Waals surface area contributed by atoms with Crippen LogP contribution in [0.2, 0.25) is 0 Å². The van der Waals surface area contributed by atoms with Crippen molar-refractivity contribution >= 4 is 36.6 Å².